The van der Waals surface area contributed by atoms with E-state index < -0.39 is 0 Å². The first-order valence-corrected chi connectivity index (χ1v) is 4.76. The van der Waals surface area contributed by atoms with Gasteiger partial charge in [-0.05, 0) is 44.1 Å². The zero-order chi connectivity index (χ0) is 6.97. The standard InChI is InChI=1S/C8H12OS/c9-10-8-3-1-2-6-4-5-7(6)8/h8-9H,1-5H2. The first-order chi connectivity index (χ1) is 4.92. The Hall–Kier alpha value is 0.0500. The first kappa shape index (κ1) is 6.74. The van der Waals surface area contributed by atoms with Crippen LogP contribution in [-0.2, 0) is 0 Å². The summed E-state index contributed by atoms with van der Waals surface area (Å²) in [5.41, 5.74) is 3.22. The molecule has 0 aromatic rings. The molecule has 0 heterocycles. The monoisotopic (exact) mass is 156 g/mol. The maximum Gasteiger partial charge on any atom is 0.0520 e. The molecule has 0 saturated heterocycles. The Morgan fingerprint density at radius 1 is 1.30 bits per heavy atom. The fourth-order valence-corrected chi connectivity index (χ4v) is 2.60. The van der Waals surface area contributed by atoms with Gasteiger partial charge in [-0.1, -0.05) is 11.1 Å². The summed E-state index contributed by atoms with van der Waals surface area (Å²) in [6.45, 7) is 0. The van der Waals surface area contributed by atoms with E-state index in [1.165, 1.54) is 32.1 Å². The van der Waals surface area contributed by atoms with Gasteiger partial charge < -0.3 is 4.55 Å². The van der Waals surface area contributed by atoms with E-state index in [2.05, 4.69) is 0 Å². The molecule has 0 aliphatic heterocycles. The van der Waals surface area contributed by atoms with Gasteiger partial charge in [-0.2, -0.15) is 0 Å². The highest BCUT2D eigenvalue weighted by Crippen LogP contribution is 2.43. The van der Waals surface area contributed by atoms with Crippen molar-refractivity contribution < 1.29 is 4.55 Å². The number of hydrogen-bond acceptors (Lipinski definition) is 2. The van der Waals surface area contributed by atoms with Gasteiger partial charge in [0.25, 0.3) is 0 Å². The zero-order valence-electron chi connectivity index (χ0n) is 5.97. The molecule has 0 spiro atoms. The second-order valence-corrected chi connectivity index (χ2v) is 3.89. The summed E-state index contributed by atoms with van der Waals surface area (Å²) in [6.07, 6.45) is 6.36. The van der Waals surface area contributed by atoms with Crippen LogP contribution in [0.25, 0.3) is 0 Å². The molecule has 0 radical (unpaired) electrons. The Morgan fingerprint density at radius 2 is 2.20 bits per heavy atom. The molecule has 0 aromatic carbocycles. The van der Waals surface area contributed by atoms with Crippen LogP contribution >= 0.6 is 12.0 Å². The smallest absolute Gasteiger partial charge is 0.0520 e. The third-order valence-corrected chi connectivity index (χ3v) is 3.39. The molecule has 2 aliphatic rings. The van der Waals surface area contributed by atoms with Crippen molar-refractivity contribution in [2.24, 2.45) is 0 Å². The van der Waals surface area contributed by atoms with Crippen molar-refractivity contribution in [2.75, 3.05) is 0 Å². The Kier molecular flexibility index (Phi) is 1.75. The van der Waals surface area contributed by atoms with E-state index in [9.17, 15) is 0 Å². The van der Waals surface area contributed by atoms with Gasteiger partial charge in [-0.25, -0.2) is 0 Å². The average Bonchev–Trinajstić information content (AvgIpc) is 1.91. The van der Waals surface area contributed by atoms with Crippen LogP contribution in [0.15, 0.2) is 11.1 Å². The topological polar surface area (TPSA) is 20.2 Å². The summed E-state index contributed by atoms with van der Waals surface area (Å²) in [6, 6.07) is 0. The molecule has 1 unspecified atom stereocenters. The van der Waals surface area contributed by atoms with E-state index in [0.29, 0.717) is 5.25 Å². The van der Waals surface area contributed by atoms with Crippen molar-refractivity contribution in [3.63, 3.8) is 0 Å². The molecule has 1 N–H and O–H groups in total. The molecule has 0 amide bonds. The molecule has 56 valence electrons. The fraction of sp³-hybridized carbons (Fsp3) is 0.750. The third kappa shape index (κ3) is 0.903. The zero-order valence-corrected chi connectivity index (χ0v) is 6.78. The largest absolute Gasteiger partial charge is 0.329 e. The molecule has 1 atom stereocenters. The van der Waals surface area contributed by atoms with Gasteiger partial charge in [0.2, 0.25) is 0 Å². The van der Waals surface area contributed by atoms with Crippen LogP contribution in [0, 0.1) is 0 Å². The van der Waals surface area contributed by atoms with Gasteiger partial charge in [0.1, 0.15) is 0 Å². The van der Waals surface area contributed by atoms with Crippen molar-refractivity contribution in [3.8, 4) is 0 Å². The van der Waals surface area contributed by atoms with Crippen LogP contribution in [0.1, 0.15) is 32.1 Å². The first-order valence-electron chi connectivity index (χ1n) is 3.93. The average molecular weight is 156 g/mol. The summed E-state index contributed by atoms with van der Waals surface area (Å²) in [5, 5.41) is 0.470. The molecule has 0 saturated carbocycles. The lowest BCUT2D eigenvalue weighted by molar-refractivity contribution is 0.560. The predicted molar refractivity (Wildman–Crippen MR) is 44.1 cm³/mol. The van der Waals surface area contributed by atoms with E-state index in [1.54, 1.807) is 11.1 Å². The summed E-state index contributed by atoms with van der Waals surface area (Å²) in [4.78, 5) is 0. The Bertz CT molecular complexity index is 174. The third-order valence-electron chi connectivity index (χ3n) is 2.61. The van der Waals surface area contributed by atoms with Crippen molar-refractivity contribution in [1.29, 1.82) is 0 Å². The van der Waals surface area contributed by atoms with E-state index >= 15 is 0 Å². The molecular weight excluding hydrogens is 144 g/mol. The van der Waals surface area contributed by atoms with E-state index in [1.807, 2.05) is 0 Å². The molecule has 0 bridgehead atoms. The Labute approximate surface area is 65.7 Å². The van der Waals surface area contributed by atoms with Crippen molar-refractivity contribution in [3.05, 3.63) is 11.1 Å². The quantitative estimate of drug-likeness (QED) is 0.465. The van der Waals surface area contributed by atoms with Crippen LogP contribution in [0.5, 0.6) is 0 Å². The number of rotatable bonds is 1. The number of hydrogen-bond donors (Lipinski definition) is 1. The highest BCUT2D eigenvalue weighted by molar-refractivity contribution is 7.94. The maximum atomic E-state index is 8.90. The highest BCUT2D eigenvalue weighted by atomic mass is 32.2. The second kappa shape index (κ2) is 2.59. The minimum atomic E-state index is 0.470. The Balaban J connectivity index is 2.15. The van der Waals surface area contributed by atoms with Crippen molar-refractivity contribution in [1.82, 2.24) is 0 Å². The molecule has 0 fully saturated rings. The van der Waals surface area contributed by atoms with E-state index in [4.69, 9.17) is 4.55 Å². The molecule has 0 aromatic heterocycles. The lowest BCUT2D eigenvalue weighted by atomic mass is 9.78. The molecular formula is C8H12OS. The highest BCUT2D eigenvalue weighted by Gasteiger charge is 2.28. The van der Waals surface area contributed by atoms with Crippen LogP contribution in [0.3, 0.4) is 0 Å². The van der Waals surface area contributed by atoms with Gasteiger partial charge in [0.05, 0.1) is 5.25 Å². The van der Waals surface area contributed by atoms with Gasteiger partial charge >= 0.3 is 0 Å². The number of allylic oxidation sites excluding steroid dienone is 1. The summed E-state index contributed by atoms with van der Waals surface area (Å²) < 4.78 is 8.90. The van der Waals surface area contributed by atoms with Crippen LogP contribution in [-0.4, -0.2) is 9.80 Å². The van der Waals surface area contributed by atoms with Gasteiger partial charge in [0.15, 0.2) is 0 Å². The summed E-state index contributed by atoms with van der Waals surface area (Å²) >= 11 is 1.05. The normalized spacial score (nSPS) is 31.5. The van der Waals surface area contributed by atoms with Crippen LogP contribution < -0.4 is 0 Å². The minimum Gasteiger partial charge on any atom is -0.329 e. The SMILES string of the molecule is OSC1CCCC2=C1CC2. The fourth-order valence-electron chi connectivity index (χ4n) is 1.91. The van der Waals surface area contributed by atoms with Gasteiger partial charge in [-0.15, -0.1) is 0 Å². The lowest BCUT2D eigenvalue weighted by Crippen LogP contribution is -2.20. The predicted octanol–water partition coefficient (Wildman–Crippen LogP) is 2.84. The molecule has 1 nitrogen and oxygen atoms in total. The van der Waals surface area contributed by atoms with Crippen molar-refractivity contribution in [2.45, 2.75) is 37.4 Å². The Morgan fingerprint density at radius 3 is 2.70 bits per heavy atom. The molecule has 2 rings (SSSR count). The molecule has 2 aliphatic carbocycles. The van der Waals surface area contributed by atoms with Gasteiger partial charge in [-0.3, -0.25) is 0 Å². The van der Waals surface area contributed by atoms with Crippen LogP contribution in [0.4, 0.5) is 0 Å². The molecule has 10 heavy (non-hydrogen) atoms. The van der Waals surface area contributed by atoms with Crippen molar-refractivity contribution >= 4 is 12.0 Å². The van der Waals surface area contributed by atoms with E-state index in [0.717, 1.165) is 12.0 Å². The maximum absolute atomic E-state index is 8.90. The van der Waals surface area contributed by atoms with Gasteiger partial charge in [0, 0.05) is 0 Å². The van der Waals surface area contributed by atoms with E-state index in [-0.39, 0.29) is 0 Å². The van der Waals surface area contributed by atoms with Crippen LogP contribution in [0.2, 0.25) is 0 Å². The second-order valence-electron chi connectivity index (χ2n) is 3.12. The molecule has 2 heteroatoms. The minimum absolute atomic E-state index is 0.470. The lowest BCUT2D eigenvalue weighted by Gasteiger charge is -2.33. The summed E-state index contributed by atoms with van der Waals surface area (Å²) in [7, 11) is 0. The summed E-state index contributed by atoms with van der Waals surface area (Å²) in [5.74, 6) is 0.